The van der Waals surface area contributed by atoms with Crippen molar-refractivity contribution in [3.63, 3.8) is 0 Å². The highest BCUT2D eigenvalue weighted by molar-refractivity contribution is 5.92. The lowest BCUT2D eigenvalue weighted by Crippen LogP contribution is -2.26. The van der Waals surface area contributed by atoms with Crippen molar-refractivity contribution in [2.45, 2.75) is 6.10 Å². The fourth-order valence-electron chi connectivity index (χ4n) is 3.00. The maximum absolute atomic E-state index is 12.4. The van der Waals surface area contributed by atoms with Gasteiger partial charge in [-0.05, 0) is 53.6 Å². The van der Waals surface area contributed by atoms with E-state index >= 15 is 0 Å². The summed E-state index contributed by atoms with van der Waals surface area (Å²) >= 11 is 0. The highest BCUT2D eigenvalue weighted by atomic mass is 16.5. The van der Waals surface area contributed by atoms with Crippen molar-refractivity contribution in [2.75, 3.05) is 21.3 Å². The number of benzene rings is 3. The van der Waals surface area contributed by atoms with E-state index in [-0.39, 0.29) is 5.91 Å². The molecule has 3 rings (SSSR count). The average Bonchev–Trinajstić information content (AvgIpc) is 2.85. The second-order valence-corrected chi connectivity index (χ2v) is 6.79. The molecule has 8 nitrogen and oxygen atoms in total. The molecule has 0 saturated heterocycles. The zero-order chi connectivity index (χ0) is 23.6. The minimum Gasteiger partial charge on any atom is -0.493 e. The summed E-state index contributed by atoms with van der Waals surface area (Å²) in [7, 11) is 4.47. The van der Waals surface area contributed by atoms with Crippen LogP contribution in [0.1, 0.15) is 27.6 Å². The minimum atomic E-state index is -0.762. The number of rotatable bonds is 9. The number of carbonyl (C=O) groups is 2. The number of methoxy groups -OCH3 is 3. The number of hydrogen-bond donors (Lipinski definition) is 1. The summed E-state index contributed by atoms with van der Waals surface area (Å²) in [4.78, 5) is 24.8. The predicted molar refractivity (Wildman–Crippen MR) is 123 cm³/mol. The van der Waals surface area contributed by atoms with E-state index in [2.05, 4.69) is 10.5 Å². The van der Waals surface area contributed by atoms with Gasteiger partial charge in [0.2, 0.25) is 0 Å². The lowest BCUT2D eigenvalue weighted by molar-refractivity contribution is -0.131. The Morgan fingerprint density at radius 3 is 2.21 bits per heavy atom. The third-order valence-corrected chi connectivity index (χ3v) is 4.67. The van der Waals surface area contributed by atoms with Gasteiger partial charge in [0.05, 0.1) is 26.0 Å². The smallest absolute Gasteiger partial charge is 0.343 e. The van der Waals surface area contributed by atoms with Crippen LogP contribution in [0.15, 0.2) is 77.9 Å². The molecular formula is C25H24N2O6. The van der Waals surface area contributed by atoms with Gasteiger partial charge in [0, 0.05) is 7.11 Å². The number of amides is 1. The van der Waals surface area contributed by atoms with E-state index in [4.69, 9.17) is 18.9 Å². The first-order chi connectivity index (χ1) is 16.0. The number of hydrogen-bond acceptors (Lipinski definition) is 7. The lowest BCUT2D eigenvalue weighted by atomic mass is 10.1. The number of nitrogens with one attached hydrogen (secondary N) is 1. The molecule has 1 N–H and O–H groups in total. The van der Waals surface area contributed by atoms with Crippen molar-refractivity contribution >= 4 is 18.1 Å². The summed E-state index contributed by atoms with van der Waals surface area (Å²) < 4.78 is 21.0. The third-order valence-electron chi connectivity index (χ3n) is 4.67. The van der Waals surface area contributed by atoms with Crippen molar-refractivity contribution in [2.24, 2.45) is 5.10 Å². The Morgan fingerprint density at radius 2 is 1.58 bits per heavy atom. The Balaban J connectivity index is 1.58. The topological polar surface area (TPSA) is 95.5 Å². The maximum atomic E-state index is 12.4. The van der Waals surface area contributed by atoms with Gasteiger partial charge in [-0.1, -0.05) is 30.3 Å². The first-order valence-corrected chi connectivity index (χ1v) is 10.0. The molecule has 0 aliphatic heterocycles. The third kappa shape index (κ3) is 6.18. The number of carbonyl (C=O) groups excluding carboxylic acids is 2. The van der Waals surface area contributed by atoms with Gasteiger partial charge in [-0.2, -0.15) is 5.10 Å². The Morgan fingerprint density at radius 1 is 0.879 bits per heavy atom. The molecule has 0 aromatic heterocycles. The van der Waals surface area contributed by atoms with E-state index in [9.17, 15) is 9.59 Å². The molecule has 0 aliphatic carbocycles. The van der Waals surface area contributed by atoms with Crippen LogP contribution in [0.5, 0.6) is 17.2 Å². The summed E-state index contributed by atoms with van der Waals surface area (Å²) in [6, 6.07) is 20.6. The zero-order valence-electron chi connectivity index (χ0n) is 18.5. The Bertz CT molecular complexity index is 1110. The van der Waals surface area contributed by atoms with Gasteiger partial charge in [-0.15, -0.1) is 0 Å². The summed E-state index contributed by atoms with van der Waals surface area (Å²) in [6.45, 7) is 0. The molecule has 0 fully saturated rings. The molecule has 3 aromatic rings. The van der Waals surface area contributed by atoms with E-state index in [1.54, 1.807) is 54.6 Å². The number of hydrazone groups is 1. The maximum Gasteiger partial charge on any atom is 0.343 e. The zero-order valence-corrected chi connectivity index (χ0v) is 18.5. The fourth-order valence-corrected chi connectivity index (χ4v) is 3.00. The molecule has 0 radical (unpaired) electrons. The van der Waals surface area contributed by atoms with Crippen LogP contribution in [-0.2, 0) is 9.53 Å². The SMILES string of the molecule is COc1ccc(C(=O)Oc2ccc(C=NNC(=O)C(OC)c3ccccc3)cc2)cc1OC. The van der Waals surface area contributed by atoms with Crippen LogP contribution in [0, 0.1) is 0 Å². The van der Waals surface area contributed by atoms with Crippen molar-refractivity contribution < 1.29 is 28.5 Å². The standard InChI is InChI=1S/C25H24N2O6/c1-30-21-14-11-19(15-22(21)31-2)25(29)33-20-12-9-17(10-13-20)16-26-27-24(28)23(32-3)18-7-5-4-6-8-18/h4-16,23H,1-3H3,(H,27,28). The minimum absolute atomic E-state index is 0.326. The summed E-state index contributed by atoms with van der Waals surface area (Å²) in [5.74, 6) is 0.393. The van der Waals surface area contributed by atoms with Crippen LogP contribution in [0.25, 0.3) is 0 Å². The molecule has 0 spiro atoms. The van der Waals surface area contributed by atoms with Gasteiger partial charge in [0.25, 0.3) is 5.91 Å². The highest BCUT2D eigenvalue weighted by Crippen LogP contribution is 2.28. The van der Waals surface area contributed by atoms with Gasteiger partial charge >= 0.3 is 5.97 Å². The second-order valence-electron chi connectivity index (χ2n) is 6.79. The molecule has 3 aromatic carbocycles. The number of esters is 1. The van der Waals surface area contributed by atoms with E-state index in [1.807, 2.05) is 18.2 Å². The first-order valence-electron chi connectivity index (χ1n) is 10.0. The quantitative estimate of drug-likeness (QED) is 0.232. The molecule has 170 valence electrons. The second kappa shape index (κ2) is 11.4. The predicted octanol–water partition coefficient (Wildman–Crippen LogP) is 3.76. The molecule has 1 atom stereocenters. The molecular weight excluding hydrogens is 424 g/mol. The summed E-state index contributed by atoms with van der Waals surface area (Å²) in [6.07, 6.45) is 0.719. The highest BCUT2D eigenvalue weighted by Gasteiger charge is 2.19. The number of ether oxygens (including phenoxy) is 4. The average molecular weight is 448 g/mol. The van der Waals surface area contributed by atoms with E-state index in [1.165, 1.54) is 27.5 Å². The summed E-state index contributed by atoms with van der Waals surface area (Å²) in [5, 5.41) is 3.97. The monoisotopic (exact) mass is 448 g/mol. The Labute approximate surface area is 191 Å². The molecule has 33 heavy (non-hydrogen) atoms. The van der Waals surface area contributed by atoms with Crippen LogP contribution in [0.3, 0.4) is 0 Å². The van der Waals surface area contributed by atoms with Crippen molar-refractivity contribution in [3.8, 4) is 17.2 Å². The Kier molecular flexibility index (Phi) is 8.15. The normalized spacial score (nSPS) is 11.6. The molecule has 8 heteroatoms. The van der Waals surface area contributed by atoms with Gasteiger partial charge < -0.3 is 18.9 Å². The lowest BCUT2D eigenvalue weighted by Gasteiger charge is -2.13. The van der Waals surface area contributed by atoms with Gasteiger partial charge in [-0.3, -0.25) is 4.79 Å². The number of nitrogens with zero attached hydrogens (tertiary/aromatic N) is 1. The fraction of sp³-hybridized carbons (Fsp3) is 0.160. The molecule has 0 saturated carbocycles. The Hall–Kier alpha value is -4.17. The summed E-state index contributed by atoms with van der Waals surface area (Å²) in [5.41, 5.74) is 4.23. The van der Waals surface area contributed by atoms with Crippen LogP contribution >= 0.6 is 0 Å². The van der Waals surface area contributed by atoms with Crippen LogP contribution in [0.2, 0.25) is 0 Å². The van der Waals surface area contributed by atoms with Gasteiger partial charge in [0.15, 0.2) is 17.6 Å². The van der Waals surface area contributed by atoms with E-state index in [0.717, 1.165) is 5.56 Å². The van der Waals surface area contributed by atoms with Crippen LogP contribution < -0.4 is 19.6 Å². The molecule has 1 unspecified atom stereocenters. The largest absolute Gasteiger partial charge is 0.493 e. The van der Waals surface area contributed by atoms with E-state index < -0.39 is 12.1 Å². The molecule has 0 bridgehead atoms. The van der Waals surface area contributed by atoms with Gasteiger partial charge in [0.1, 0.15) is 5.75 Å². The first kappa shape index (κ1) is 23.5. The molecule has 1 amide bonds. The van der Waals surface area contributed by atoms with Crippen molar-refractivity contribution in [1.29, 1.82) is 0 Å². The molecule has 0 heterocycles. The molecule has 0 aliphatic rings. The van der Waals surface area contributed by atoms with E-state index in [0.29, 0.717) is 28.4 Å². The van der Waals surface area contributed by atoms with Crippen molar-refractivity contribution in [3.05, 3.63) is 89.5 Å². The van der Waals surface area contributed by atoms with Crippen molar-refractivity contribution in [1.82, 2.24) is 5.43 Å². The van der Waals surface area contributed by atoms with Crippen LogP contribution in [0.4, 0.5) is 0 Å². The van der Waals surface area contributed by atoms with Crippen LogP contribution in [-0.4, -0.2) is 39.4 Å². The van der Waals surface area contributed by atoms with Gasteiger partial charge in [-0.25, -0.2) is 10.2 Å².